The topological polar surface area (TPSA) is 249 Å². The van der Waals surface area contributed by atoms with E-state index in [9.17, 15) is 36.2 Å². The Hall–Kier alpha value is -5.40. The number of para-hydroxylation sites is 1. The molecule has 0 unspecified atom stereocenters. The third kappa shape index (κ3) is 8.90. The monoisotopic (exact) mass is 748 g/mol. The van der Waals surface area contributed by atoms with Crippen molar-refractivity contribution in [1.29, 1.82) is 0 Å². The molecule has 0 fully saturated rings. The number of fused-ring (bicyclic) bond motifs is 1. The Morgan fingerprint density at radius 2 is 1.12 bits per heavy atom. The van der Waals surface area contributed by atoms with Gasteiger partial charge in [0.25, 0.3) is 20.2 Å². The second-order valence-corrected chi connectivity index (χ2v) is 13.8. The van der Waals surface area contributed by atoms with Crippen molar-refractivity contribution in [2.75, 3.05) is 16.4 Å². The van der Waals surface area contributed by atoms with Crippen LogP contribution >= 0.6 is 0 Å². The largest absolute Gasteiger partial charge is 0.506 e. The minimum Gasteiger partial charge on any atom is -0.506 e. The van der Waals surface area contributed by atoms with Crippen molar-refractivity contribution in [3.8, 4) is 11.5 Å². The molecule has 0 aliphatic heterocycles. The molecule has 0 aromatic heterocycles. The summed E-state index contributed by atoms with van der Waals surface area (Å²) in [6.07, 6.45) is 0. The second-order valence-electron chi connectivity index (χ2n) is 10.9. The van der Waals surface area contributed by atoms with Crippen LogP contribution in [0.4, 0.5) is 51.2 Å². The van der Waals surface area contributed by atoms with Gasteiger partial charge in [0.2, 0.25) is 0 Å². The molecule has 0 bridgehead atoms. The van der Waals surface area contributed by atoms with Crippen molar-refractivity contribution in [1.82, 2.24) is 0 Å². The number of nitrogens with zero attached hydrogens (tertiary/aromatic N) is 4. The molecule has 0 aliphatic rings. The number of benzene rings is 6. The van der Waals surface area contributed by atoms with Crippen molar-refractivity contribution in [2.45, 2.75) is 9.79 Å². The van der Waals surface area contributed by atoms with Crippen LogP contribution in [0.15, 0.2) is 146 Å². The molecule has 15 nitrogen and oxygen atoms in total. The fourth-order valence-electron chi connectivity index (χ4n) is 4.92. The van der Waals surface area contributed by atoms with Crippen molar-refractivity contribution >= 4 is 112 Å². The average molecular weight is 749 g/mol. The van der Waals surface area contributed by atoms with E-state index in [1.807, 2.05) is 30.3 Å². The van der Waals surface area contributed by atoms with Gasteiger partial charge in [-0.1, -0.05) is 18.2 Å². The number of phenols is 2. The zero-order valence-electron chi connectivity index (χ0n) is 27.1. The first-order valence-corrected chi connectivity index (χ1v) is 17.6. The molecule has 18 heteroatoms. The smallest absolute Gasteiger partial charge is 0.296 e. The number of hydrogen-bond donors (Lipinski definition) is 7. The van der Waals surface area contributed by atoms with Crippen molar-refractivity contribution < 1.29 is 36.2 Å². The molecule has 0 aliphatic carbocycles. The molecule has 6 rings (SSSR count). The minimum absolute atomic E-state index is 0. The van der Waals surface area contributed by atoms with Crippen LogP contribution < -0.4 is 16.4 Å². The summed E-state index contributed by atoms with van der Waals surface area (Å²) >= 11 is 0. The van der Waals surface area contributed by atoms with Gasteiger partial charge < -0.3 is 26.6 Å². The van der Waals surface area contributed by atoms with Gasteiger partial charge in [-0.05, 0) is 96.4 Å². The number of phenolic OH excluding ortho intramolecular Hbond substituents is 2. The Labute approximate surface area is 319 Å². The first-order valence-electron chi connectivity index (χ1n) is 14.7. The van der Waals surface area contributed by atoms with Crippen molar-refractivity contribution in [2.24, 2.45) is 20.5 Å². The number of azo groups is 2. The van der Waals surface area contributed by atoms with Crippen molar-refractivity contribution in [3.63, 3.8) is 0 Å². The Morgan fingerprint density at radius 3 is 1.67 bits per heavy atom. The second kappa shape index (κ2) is 15.5. The number of nitrogens with two attached hydrogens (primary N) is 1. The van der Waals surface area contributed by atoms with Crippen LogP contribution in [-0.2, 0) is 20.2 Å². The molecule has 0 saturated heterocycles. The number of anilines is 5. The molecule has 1 radical (unpaired) electrons. The van der Waals surface area contributed by atoms with Gasteiger partial charge in [0.05, 0.1) is 16.3 Å². The van der Waals surface area contributed by atoms with E-state index in [0.29, 0.717) is 22.7 Å². The molecule has 259 valence electrons. The van der Waals surface area contributed by atoms with Gasteiger partial charge >= 0.3 is 0 Å². The summed E-state index contributed by atoms with van der Waals surface area (Å²) in [5.74, 6) is -0.814. The summed E-state index contributed by atoms with van der Waals surface area (Å²) in [5.41, 5.74) is 9.02. The Balaban J connectivity index is 0.00000523. The van der Waals surface area contributed by atoms with E-state index in [1.54, 1.807) is 66.7 Å². The third-order valence-electron chi connectivity index (χ3n) is 7.33. The molecule has 0 saturated carbocycles. The summed E-state index contributed by atoms with van der Waals surface area (Å²) in [7, 11) is -9.71. The number of rotatable bonds is 10. The zero-order valence-corrected chi connectivity index (χ0v) is 30.7. The van der Waals surface area contributed by atoms with E-state index in [4.69, 9.17) is 5.73 Å². The van der Waals surface area contributed by atoms with E-state index in [0.717, 1.165) is 29.6 Å². The molecule has 6 aromatic rings. The van der Waals surface area contributed by atoms with Crippen LogP contribution in [-0.4, -0.2) is 65.7 Å². The predicted octanol–water partition coefficient (Wildman–Crippen LogP) is 8.26. The van der Waals surface area contributed by atoms with Gasteiger partial charge in [-0.15, -0.1) is 10.2 Å². The first kappa shape index (κ1) is 37.8. The van der Waals surface area contributed by atoms with E-state index in [1.165, 1.54) is 0 Å². The fourth-order valence-corrected chi connectivity index (χ4v) is 6.13. The minimum atomic E-state index is -4.99. The maximum atomic E-state index is 12.2. The first-order chi connectivity index (χ1) is 24.2. The number of hydrogen-bond acceptors (Lipinski definition) is 13. The Kier molecular flexibility index (Phi) is 11.3. The SMILES string of the molecule is Nc1cc(S(=O)(=O)O)cc2cc(S(=O)(=O)O)c(N=Nc3ccc(Nc4ccc(N=Nc5ccc(Nc6ccccc6)cc5O)cc4)cc3)c(O)c12.[Na]. The molecule has 6 aromatic carbocycles. The number of aromatic hydroxyl groups is 2. The van der Waals surface area contributed by atoms with Gasteiger partial charge in [-0.2, -0.15) is 27.1 Å². The van der Waals surface area contributed by atoms with Crippen LogP contribution in [0.2, 0.25) is 0 Å². The van der Waals surface area contributed by atoms with E-state index in [2.05, 4.69) is 31.1 Å². The Bertz CT molecular complexity index is 2560. The number of nitrogen functional groups attached to an aromatic ring is 1. The van der Waals surface area contributed by atoms with E-state index in [-0.39, 0.29) is 57.5 Å². The maximum absolute atomic E-state index is 12.2. The summed E-state index contributed by atoms with van der Waals surface area (Å²) in [4.78, 5) is -1.51. The summed E-state index contributed by atoms with van der Waals surface area (Å²) < 4.78 is 66.7. The van der Waals surface area contributed by atoms with Crippen LogP contribution in [0, 0.1) is 0 Å². The van der Waals surface area contributed by atoms with Gasteiger partial charge in [-0.25, -0.2) is 0 Å². The molecule has 0 spiro atoms. The van der Waals surface area contributed by atoms with Gasteiger partial charge in [0, 0.05) is 69.4 Å². The molecular weight excluding hydrogens is 722 g/mol. The van der Waals surface area contributed by atoms with Crippen LogP contribution in [0.5, 0.6) is 11.5 Å². The third-order valence-corrected chi connectivity index (χ3v) is 9.03. The molecule has 52 heavy (non-hydrogen) atoms. The van der Waals surface area contributed by atoms with Crippen molar-refractivity contribution in [3.05, 3.63) is 115 Å². The molecule has 0 amide bonds. The summed E-state index contributed by atoms with van der Waals surface area (Å²) in [6.45, 7) is 0. The normalized spacial score (nSPS) is 11.9. The van der Waals surface area contributed by atoms with Crippen LogP contribution in [0.3, 0.4) is 0 Å². The van der Waals surface area contributed by atoms with Gasteiger partial charge in [-0.3, -0.25) is 9.11 Å². The van der Waals surface area contributed by atoms with E-state index >= 15 is 0 Å². The van der Waals surface area contributed by atoms with Crippen LogP contribution in [0.1, 0.15) is 0 Å². The quantitative estimate of drug-likeness (QED) is 0.0304. The van der Waals surface area contributed by atoms with Crippen LogP contribution in [0.25, 0.3) is 10.8 Å². The number of nitrogens with one attached hydrogen (secondary N) is 2. The average Bonchev–Trinajstić information content (AvgIpc) is 3.08. The standard InChI is InChI=1S/C34H27N7O8S2.Na/c35-28-19-27(50(44,45)46)16-20-17-31(51(47,48)49)33(34(43)32(20)28)41-39-25-12-8-23(9-13-25)36-22-6-10-24(11-7-22)38-40-29-15-14-26(18-30(29)42)37-21-4-2-1-3-5-21;/h1-19,36-37,42-43H,35H2,(H,44,45,46)(H,47,48,49);. The molecular formula is C34H27N7NaO8S2. The fraction of sp³-hybridized carbons (Fsp3) is 0. The maximum Gasteiger partial charge on any atom is 0.296 e. The zero-order chi connectivity index (χ0) is 36.3. The predicted molar refractivity (Wildman–Crippen MR) is 198 cm³/mol. The van der Waals surface area contributed by atoms with Gasteiger partial charge in [0.1, 0.15) is 22.0 Å². The molecule has 8 N–H and O–H groups in total. The molecule has 0 atom stereocenters. The van der Waals surface area contributed by atoms with Gasteiger partial charge in [0.15, 0.2) is 5.75 Å². The Morgan fingerprint density at radius 1 is 0.577 bits per heavy atom. The molecule has 0 heterocycles. The summed E-state index contributed by atoms with van der Waals surface area (Å²) in [5, 5.41) is 43.5. The van der Waals surface area contributed by atoms with E-state index < -0.39 is 41.5 Å². The summed E-state index contributed by atoms with van der Waals surface area (Å²) in [6, 6.07) is 30.6.